The van der Waals surface area contributed by atoms with Crippen LogP contribution in [0.4, 0.5) is 0 Å². The van der Waals surface area contributed by atoms with Gasteiger partial charge in [-0.3, -0.25) is 9.32 Å². The minimum Gasteiger partial charge on any atom is -0.475 e. The summed E-state index contributed by atoms with van der Waals surface area (Å²) >= 11 is 0. The first-order valence-electron chi connectivity index (χ1n) is 1.89. The first kappa shape index (κ1) is 8.20. The lowest BCUT2D eigenvalue weighted by atomic mass is 10.4. The zero-order valence-electron chi connectivity index (χ0n) is 4.23. The van der Waals surface area contributed by atoms with Gasteiger partial charge in [0.05, 0.1) is 0 Å². The third kappa shape index (κ3) is 3.76. The first-order chi connectivity index (χ1) is 4.18. The van der Waals surface area contributed by atoms with Crippen LogP contribution in [-0.2, 0) is 18.7 Å². The maximum Gasteiger partial charge on any atom is 0.374 e. The Hall–Kier alpha value is -0.800. The molecule has 5 nitrogen and oxygen atoms in total. The Bertz CT molecular complexity index is 141. The number of carbonyl (C=O) groups excluding carboxylic acids is 1. The average Bonchev–Trinajstić information content (AvgIpc) is 1.82. The summed E-state index contributed by atoms with van der Waals surface area (Å²) in [6, 6.07) is 0. The molecule has 50 valence electrons. The Morgan fingerprint density at radius 1 is 1.56 bits per heavy atom. The minimum atomic E-state index is -1.58. The molecule has 0 aromatic rings. The summed E-state index contributed by atoms with van der Waals surface area (Å²) < 4.78 is 13.4. The Morgan fingerprint density at radius 2 is 2.11 bits per heavy atom. The van der Waals surface area contributed by atoms with Gasteiger partial charge in [-0.05, 0) is 0 Å². The van der Waals surface area contributed by atoms with Crippen molar-refractivity contribution < 1.29 is 23.8 Å². The van der Waals surface area contributed by atoms with Crippen LogP contribution in [0.1, 0.15) is 0 Å². The molecule has 0 bridgehead atoms. The monoisotopic (exact) mass is 150 g/mol. The molecule has 9 heavy (non-hydrogen) atoms. The summed E-state index contributed by atoms with van der Waals surface area (Å²) in [6.45, 7) is -0.652. The number of Topliss-reactive ketones (excluding diaryl/α,β-unsaturated/α-hetero) is 1. The van der Waals surface area contributed by atoms with Crippen molar-refractivity contribution in [2.45, 2.75) is 0 Å². The second-order valence-electron chi connectivity index (χ2n) is 1.08. The Balaban J connectivity index is 3.51. The van der Waals surface area contributed by atoms with Gasteiger partial charge in [0.25, 0.3) is 5.78 Å². The lowest BCUT2D eigenvalue weighted by molar-refractivity contribution is -0.149. The highest BCUT2D eigenvalue weighted by Crippen LogP contribution is 1.92. The SMILES string of the molecule is O=POCC(=O)C(=O)O. The van der Waals surface area contributed by atoms with Gasteiger partial charge in [-0.15, -0.1) is 0 Å². The summed E-state index contributed by atoms with van der Waals surface area (Å²) in [5.41, 5.74) is 0. The average molecular weight is 150 g/mol. The molecule has 0 spiro atoms. The van der Waals surface area contributed by atoms with Gasteiger partial charge in [-0.25, -0.2) is 9.36 Å². The molecule has 0 unspecified atom stereocenters. The van der Waals surface area contributed by atoms with Crippen molar-refractivity contribution in [3.8, 4) is 0 Å². The number of carbonyl (C=O) groups is 2. The Labute approximate surface area is 51.9 Å². The van der Waals surface area contributed by atoms with Gasteiger partial charge < -0.3 is 5.11 Å². The summed E-state index contributed by atoms with van der Waals surface area (Å²) in [5, 5.41) is 7.87. The first-order valence-corrected chi connectivity index (χ1v) is 2.62. The van der Waals surface area contributed by atoms with Crippen molar-refractivity contribution in [3.63, 3.8) is 0 Å². The van der Waals surface area contributed by atoms with Crippen molar-refractivity contribution in [1.29, 1.82) is 0 Å². The maximum atomic E-state index is 10.0. The molecule has 6 heteroatoms. The second-order valence-corrected chi connectivity index (χ2v) is 1.48. The molecule has 1 N–H and O–H groups in total. The molecule has 0 rings (SSSR count). The van der Waals surface area contributed by atoms with E-state index >= 15 is 0 Å². The maximum absolute atomic E-state index is 10.0. The van der Waals surface area contributed by atoms with Crippen molar-refractivity contribution in [3.05, 3.63) is 0 Å². The number of ketones is 1. The predicted octanol–water partition coefficient (Wildman–Crippen LogP) is -0.137. The molecule has 0 saturated heterocycles. The van der Waals surface area contributed by atoms with E-state index in [1.54, 1.807) is 0 Å². The van der Waals surface area contributed by atoms with Crippen LogP contribution in [0.5, 0.6) is 0 Å². The minimum absolute atomic E-state index is 0.652. The molecule has 0 aromatic carbocycles. The second kappa shape index (κ2) is 4.12. The smallest absolute Gasteiger partial charge is 0.374 e. The number of carboxylic acids is 1. The van der Waals surface area contributed by atoms with E-state index < -0.39 is 27.0 Å². The normalized spacial score (nSPS) is 9.33. The fourth-order valence-electron chi connectivity index (χ4n) is 0.147. The Kier molecular flexibility index (Phi) is 3.75. The largest absolute Gasteiger partial charge is 0.475 e. The van der Waals surface area contributed by atoms with E-state index in [0.717, 1.165) is 0 Å². The molecule has 0 aliphatic rings. The van der Waals surface area contributed by atoms with Gasteiger partial charge in [-0.2, -0.15) is 0 Å². The predicted molar refractivity (Wildman–Crippen MR) is 26.2 cm³/mol. The number of aliphatic carboxylic acids is 1. The van der Waals surface area contributed by atoms with Crippen LogP contribution in [0.2, 0.25) is 0 Å². The number of carboxylic acid groups (broad SMARTS) is 1. The van der Waals surface area contributed by atoms with E-state index in [9.17, 15) is 14.2 Å². The highest BCUT2D eigenvalue weighted by molar-refractivity contribution is 7.17. The zero-order chi connectivity index (χ0) is 7.28. The van der Waals surface area contributed by atoms with E-state index in [2.05, 4.69) is 4.52 Å². The van der Waals surface area contributed by atoms with E-state index in [0.29, 0.717) is 0 Å². The quantitative estimate of drug-likeness (QED) is 0.445. The Morgan fingerprint density at radius 3 is 2.44 bits per heavy atom. The van der Waals surface area contributed by atoms with Crippen molar-refractivity contribution >= 4 is 20.4 Å². The van der Waals surface area contributed by atoms with Gasteiger partial charge in [0.15, 0.2) is 0 Å². The number of hydrogen-bond donors (Lipinski definition) is 1. The molecule has 0 saturated carbocycles. The fourth-order valence-corrected chi connectivity index (χ4v) is 0.317. The van der Waals surface area contributed by atoms with E-state index in [1.165, 1.54) is 0 Å². The van der Waals surface area contributed by atoms with Crippen LogP contribution in [0.15, 0.2) is 0 Å². The van der Waals surface area contributed by atoms with Gasteiger partial charge in [0.2, 0.25) is 0 Å². The van der Waals surface area contributed by atoms with E-state index in [1.807, 2.05) is 0 Å². The molecular weight excluding hydrogens is 147 g/mol. The van der Waals surface area contributed by atoms with Crippen LogP contribution in [0, 0.1) is 0 Å². The molecule has 0 aliphatic heterocycles. The fraction of sp³-hybridized carbons (Fsp3) is 0.333. The van der Waals surface area contributed by atoms with Crippen LogP contribution in [0.25, 0.3) is 0 Å². The van der Waals surface area contributed by atoms with Crippen molar-refractivity contribution in [2.24, 2.45) is 0 Å². The summed E-state index contributed by atoms with van der Waals surface area (Å²) in [6.07, 6.45) is 0. The third-order valence-corrected chi connectivity index (χ3v) is 0.721. The zero-order valence-corrected chi connectivity index (χ0v) is 5.13. The highest BCUT2D eigenvalue weighted by atomic mass is 31.1. The summed E-state index contributed by atoms with van der Waals surface area (Å²) in [5.74, 6) is -2.70. The van der Waals surface area contributed by atoms with Crippen molar-refractivity contribution in [2.75, 3.05) is 6.61 Å². The molecule has 0 atom stereocenters. The van der Waals surface area contributed by atoms with Crippen LogP contribution < -0.4 is 0 Å². The molecule has 0 radical (unpaired) electrons. The summed E-state index contributed by atoms with van der Waals surface area (Å²) in [7, 11) is -0.689. The standard InChI is InChI=1S/C3H3O5P/c4-2(3(5)6)1-8-9-7/h1H2,(H,5,6). The van der Waals surface area contributed by atoms with Gasteiger partial charge >= 0.3 is 14.7 Å². The third-order valence-electron chi connectivity index (χ3n) is 0.487. The van der Waals surface area contributed by atoms with E-state index in [4.69, 9.17) is 5.11 Å². The number of hydrogen-bond acceptors (Lipinski definition) is 4. The molecule has 0 fully saturated rings. The molecule has 0 aromatic heterocycles. The van der Waals surface area contributed by atoms with Gasteiger partial charge in [0.1, 0.15) is 6.61 Å². The molecule has 0 amide bonds. The lowest BCUT2D eigenvalue weighted by Crippen LogP contribution is -2.16. The molecule has 0 aliphatic carbocycles. The van der Waals surface area contributed by atoms with E-state index in [-0.39, 0.29) is 0 Å². The van der Waals surface area contributed by atoms with Gasteiger partial charge in [-0.1, -0.05) is 0 Å². The van der Waals surface area contributed by atoms with Crippen LogP contribution >= 0.6 is 8.69 Å². The summed E-state index contributed by atoms with van der Waals surface area (Å²) in [4.78, 5) is 19.7. The number of rotatable bonds is 4. The van der Waals surface area contributed by atoms with Crippen LogP contribution in [0.3, 0.4) is 0 Å². The van der Waals surface area contributed by atoms with Crippen molar-refractivity contribution in [1.82, 2.24) is 0 Å². The molecular formula is C3H3O5P. The topological polar surface area (TPSA) is 80.7 Å². The lowest BCUT2D eigenvalue weighted by Gasteiger charge is -1.86. The van der Waals surface area contributed by atoms with Crippen LogP contribution in [-0.4, -0.2) is 23.5 Å². The van der Waals surface area contributed by atoms with Gasteiger partial charge in [0, 0.05) is 0 Å². The molecule has 0 heterocycles. The highest BCUT2D eigenvalue weighted by Gasteiger charge is 2.10.